The molecule has 2 fully saturated rings. The predicted octanol–water partition coefficient (Wildman–Crippen LogP) is 5.49. The molecule has 236 valence electrons. The predicted molar refractivity (Wildman–Crippen MR) is 176 cm³/mol. The van der Waals surface area contributed by atoms with Crippen LogP contribution < -0.4 is 20.1 Å². The first-order valence-electron chi connectivity index (χ1n) is 14.9. The quantitative estimate of drug-likeness (QED) is 0.217. The van der Waals surface area contributed by atoms with Crippen molar-refractivity contribution in [2.24, 2.45) is 0 Å². The Balaban J connectivity index is 1.37. The number of hydrogen-bond donors (Lipinski definition) is 0. The Labute approximate surface area is 273 Å². The maximum Gasteiger partial charge on any atom is 0.324 e. The first-order valence-corrected chi connectivity index (χ1v) is 16.1. The van der Waals surface area contributed by atoms with E-state index in [0.717, 1.165) is 21.7 Å². The Morgan fingerprint density at radius 3 is 2.57 bits per heavy atom. The number of urea groups is 1. The van der Waals surface area contributed by atoms with E-state index < -0.39 is 11.4 Å². The largest absolute Gasteiger partial charge is 0.481 e. The van der Waals surface area contributed by atoms with Crippen molar-refractivity contribution in [3.63, 3.8) is 0 Å². The van der Waals surface area contributed by atoms with Crippen molar-refractivity contribution in [1.29, 1.82) is 0 Å². The van der Waals surface area contributed by atoms with Crippen molar-refractivity contribution in [1.82, 2.24) is 19.3 Å². The number of hydrogen-bond acceptors (Lipinski definition) is 8. The fourth-order valence-electron chi connectivity index (χ4n) is 5.61. The van der Waals surface area contributed by atoms with Crippen LogP contribution in [0.1, 0.15) is 16.0 Å². The van der Waals surface area contributed by atoms with Gasteiger partial charge in [0.05, 0.1) is 29.6 Å². The molecule has 0 unspecified atom stereocenters. The van der Waals surface area contributed by atoms with Crippen LogP contribution in [0.25, 0.3) is 16.3 Å². The van der Waals surface area contributed by atoms with Crippen molar-refractivity contribution in [2.75, 3.05) is 56.2 Å². The van der Waals surface area contributed by atoms with Crippen molar-refractivity contribution >= 4 is 46.0 Å². The van der Waals surface area contributed by atoms with Gasteiger partial charge in [0.1, 0.15) is 23.1 Å². The number of pyridine rings is 1. The lowest BCUT2D eigenvalue weighted by Gasteiger charge is -2.30. The summed E-state index contributed by atoms with van der Waals surface area (Å²) in [6, 6.07) is 15.9. The highest BCUT2D eigenvalue weighted by atomic mass is 35.5. The number of carbonyl (C=O) groups excluding carboxylic acids is 1. The number of likely N-dealkylation sites (N-methyl/N-ethyl adjacent to an activating group) is 1. The van der Waals surface area contributed by atoms with E-state index in [2.05, 4.69) is 9.88 Å². The lowest BCUT2D eigenvalue weighted by molar-refractivity contribution is 0.122. The minimum absolute atomic E-state index is 0.0501. The second kappa shape index (κ2) is 12.7. The highest BCUT2D eigenvalue weighted by Gasteiger charge is 2.31. The second-order valence-electron chi connectivity index (χ2n) is 11.2. The van der Waals surface area contributed by atoms with Gasteiger partial charge in [-0.15, -0.1) is 11.3 Å². The number of fused-ring (bicyclic) bond motifs is 1. The van der Waals surface area contributed by atoms with Crippen LogP contribution in [0.15, 0.2) is 71.8 Å². The third-order valence-electron chi connectivity index (χ3n) is 8.08. The molecule has 13 heteroatoms. The Kier molecular flexibility index (Phi) is 8.33. The minimum Gasteiger partial charge on any atom is -0.481 e. The van der Waals surface area contributed by atoms with E-state index in [1.54, 1.807) is 41.4 Å². The number of rotatable bonds is 8. The fraction of sp³-hybridized carbons (Fsp3) is 0.273. The number of nitrogens with zero attached hydrogens (tertiary/aromatic N) is 6. The molecule has 2 aliphatic heterocycles. The maximum atomic E-state index is 14.4. The SMILES string of the molecule is CN1CCN(c2cc(N3CCOCC3)cn3c(=O)c(OCc4ccccc4)c(-c4ncc(Cc5ccc(F)c(Cl)c5)s4)nc23)C1=O. The molecule has 7 rings (SSSR count). The van der Waals surface area contributed by atoms with Crippen molar-refractivity contribution in [3.05, 3.63) is 104 Å². The molecule has 0 atom stereocenters. The molecule has 5 heterocycles. The third kappa shape index (κ3) is 5.91. The van der Waals surface area contributed by atoms with Gasteiger partial charge >= 0.3 is 11.6 Å². The summed E-state index contributed by atoms with van der Waals surface area (Å²) in [5.41, 5.74) is 3.24. The van der Waals surface area contributed by atoms with Gasteiger partial charge in [0.15, 0.2) is 5.65 Å². The zero-order valence-corrected chi connectivity index (χ0v) is 26.6. The van der Waals surface area contributed by atoms with Gasteiger partial charge in [0.25, 0.3) is 0 Å². The van der Waals surface area contributed by atoms with Crippen LogP contribution in [0.4, 0.5) is 20.6 Å². The van der Waals surface area contributed by atoms with Crippen molar-refractivity contribution in [2.45, 2.75) is 13.0 Å². The molecular weight excluding hydrogens is 631 g/mol. The third-order valence-corrected chi connectivity index (χ3v) is 9.37. The van der Waals surface area contributed by atoms with Crippen molar-refractivity contribution < 1.29 is 18.7 Å². The Hall–Kier alpha value is -4.52. The summed E-state index contributed by atoms with van der Waals surface area (Å²) in [4.78, 5) is 43.6. The summed E-state index contributed by atoms with van der Waals surface area (Å²) < 4.78 is 27.0. The van der Waals surface area contributed by atoms with Gasteiger partial charge in [-0.05, 0) is 29.3 Å². The number of anilines is 2. The molecule has 2 aliphatic rings. The summed E-state index contributed by atoms with van der Waals surface area (Å²) in [5, 5.41) is 0.535. The van der Waals surface area contributed by atoms with E-state index in [-0.39, 0.29) is 29.1 Å². The first-order chi connectivity index (χ1) is 22.4. The van der Waals surface area contributed by atoms with Gasteiger partial charge in [0.2, 0.25) is 5.75 Å². The number of thiazole rings is 1. The van der Waals surface area contributed by atoms with E-state index in [1.807, 2.05) is 36.4 Å². The molecule has 0 spiro atoms. The molecule has 0 saturated carbocycles. The van der Waals surface area contributed by atoms with E-state index in [9.17, 15) is 14.0 Å². The lowest BCUT2D eigenvalue weighted by atomic mass is 10.1. The standard InChI is InChI=1S/C33H30ClFN6O4S/c1-38-9-10-40(33(38)43)27-17-23(39-11-13-44-14-12-39)19-41-30(27)37-28(29(32(41)42)45-20-21-5-3-2-4-6-21)31-36-18-24(46-31)15-22-7-8-26(35)25(34)16-22/h2-8,16-19H,9-15,20H2,1H3. The number of halogens is 2. The molecule has 0 radical (unpaired) electrons. The molecular formula is C33H30ClFN6O4S. The second-order valence-corrected chi connectivity index (χ2v) is 12.7. The van der Waals surface area contributed by atoms with E-state index >= 15 is 0 Å². The summed E-state index contributed by atoms with van der Waals surface area (Å²) in [7, 11) is 1.75. The molecule has 0 N–H and O–H groups in total. The van der Waals surface area contributed by atoms with Crippen LogP contribution in [0.5, 0.6) is 5.75 Å². The van der Waals surface area contributed by atoms with Gasteiger partial charge in [-0.1, -0.05) is 48.0 Å². The van der Waals surface area contributed by atoms with Crippen molar-refractivity contribution in [3.8, 4) is 16.5 Å². The number of amides is 2. The number of carbonyl (C=O) groups is 1. The molecule has 5 aromatic rings. The summed E-state index contributed by atoms with van der Waals surface area (Å²) in [6.45, 7) is 3.57. The summed E-state index contributed by atoms with van der Waals surface area (Å²) in [6.07, 6.45) is 3.94. The zero-order valence-electron chi connectivity index (χ0n) is 25.0. The number of ether oxygens (including phenoxy) is 2. The molecule has 2 amide bonds. The zero-order chi connectivity index (χ0) is 31.8. The molecule has 10 nitrogen and oxygen atoms in total. The molecule has 3 aromatic heterocycles. The van der Waals surface area contributed by atoms with E-state index in [0.29, 0.717) is 62.2 Å². The van der Waals surface area contributed by atoms with Gasteiger partial charge in [-0.2, -0.15) is 0 Å². The number of aromatic nitrogens is 3. The van der Waals surface area contributed by atoms with Crippen LogP contribution in [0.2, 0.25) is 5.02 Å². The lowest BCUT2D eigenvalue weighted by Crippen LogP contribution is -2.37. The fourth-order valence-corrected chi connectivity index (χ4v) is 6.75. The maximum absolute atomic E-state index is 14.4. The van der Waals surface area contributed by atoms with Crippen LogP contribution in [-0.2, 0) is 17.8 Å². The molecule has 0 aliphatic carbocycles. The highest BCUT2D eigenvalue weighted by Crippen LogP contribution is 2.35. The molecule has 0 bridgehead atoms. The Morgan fingerprint density at radius 1 is 1.02 bits per heavy atom. The Bertz CT molecular complexity index is 1980. The monoisotopic (exact) mass is 660 g/mol. The van der Waals surface area contributed by atoms with Gasteiger partial charge < -0.3 is 19.3 Å². The highest BCUT2D eigenvalue weighted by molar-refractivity contribution is 7.15. The average Bonchev–Trinajstić information content (AvgIpc) is 3.68. The van der Waals surface area contributed by atoms with E-state index in [1.165, 1.54) is 21.8 Å². The average molecular weight is 661 g/mol. The molecule has 46 heavy (non-hydrogen) atoms. The van der Waals surface area contributed by atoms with E-state index in [4.69, 9.17) is 26.1 Å². The first kappa shape index (κ1) is 30.2. The molecule has 2 saturated heterocycles. The summed E-state index contributed by atoms with van der Waals surface area (Å²) in [5.74, 6) is -0.422. The number of morpholine rings is 1. The smallest absolute Gasteiger partial charge is 0.324 e. The topological polar surface area (TPSA) is 92.5 Å². The Morgan fingerprint density at radius 2 is 1.83 bits per heavy atom. The van der Waals surface area contributed by atoms with Crippen LogP contribution in [0.3, 0.4) is 0 Å². The van der Waals surface area contributed by atoms with Gasteiger partial charge in [0, 0.05) is 56.9 Å². The van der Waals surface area contributed by atoms with Crippen LogP contribution in [-0.4, -0.2) is 71.7 Å². The minimum atomic E-state index is -0.480. The number of benzene rings is 2. The normalized spacial score (nSPS) is 15.3. The van der Waals surface area contributed by atoms with Gasteiger partial charge in [-0.25, -0.2) is 19.2 Å². The van der Waals surface area contributed by atoms with Gasteiger partial charge in [-0.3, -0.25) is 14.1 Å². The van der Waals surface area contributed by atoms with Crippen LogP contribution in [0, 0.1) is 5.82 Å². The van der Waals surface area contributed by atoms with Crippen LogP contribution >= 0.6 is 22.9 Å². The summed E-state index contributed by atoms with van der Waals surface area (Å²) >= 11 is 7.38. The molecule has 2 aromatic carbocycles.